The molecule has 1 unspecified atom stereocenters. The fraction of sp³-hybridized carbons (Fsp3) is 0.545. The Labute approximate surface area is 162 Å². The van der Waals surface area contributed by atoms with E-state index in [9.17, 15) is 4.79 Å². The molecule has 1 amide bonds. The summed E-state index contributed by atoms with van der Waals surface area (Å²) in [6.45, 7) is 9.11. The summed E-state index contributed by atoms with van der Waals surface area (Å²) in [5.41, 5.74) is 2.62. The predicted molar refractivity (Wildman–Crippen MR) is 107 cm³/mol. The molecular formula is C22H31N3O2. The van der Waals surface area contributed by atoms with Gasteiger partial charge in [0.05, 0.1) is 12.8 Å². The van der Waals surface area contributed by atoms with Crippen LogP contribution in [0.15, 0.2) is 30.3 Å². The fourth-order valence-electron chi connectivity index (χ4n) is 3.34. The van der Waals surface area contributed by atoms with Crippen molar-refractivity contribution in [3.63, 3.8) is 0 Å². The van der Waals surface area contributed by atoms with Crippen molar-refractivity contribution in [2.45, 2.75) is 58.5 Å². The van der Waals surface area contributed by atoms with Crippen LogP contribution in [-0.2, 0) is 19.0 Å². The number of aromatic nitrogens is 2. The van der Waals surface area contributed by atoms with Crippen molar-refractivity contribution in [1.29, 1.82) is 0 Å². The van der Waals surface area contributed by atoms with Gasteiger partial charge in [-0.1, -0.05) is 32.9 Å². The Hall–Kier alpha value is -2.30. The van der Waals surface area contributed by atoms with Crippen LogP contribution in [0.3, 0.4) is 0 Å². The van der Waals surface area contributed by atoms with Crippen molar-refractivity contribution in [2.75, 3.05) is 7.11 Å². The van der Waals surface area contributed by atoms with Gasteiger partial charge in [-0.05, 0) is 49.4 Å². The summed E-state index contributed by atoms with van der Waals surface area (Å²) in [6, 6.07) is 10.1. The van der Waals surface area contributed by atoms with Gasteiger partial charge in [-0.15, -0.1) is 0 Å². The molecule has 3 rings (SSSR count). The van der Waals surface area contributed by atoms with Crippen LogP contribution in [0.4, 0.5) is 0 Å². The van der Waals surface area contributed by atoms with Gasteiger partial charge in [0.15, 0.2) is 0 Å². The number of rotatable bonds is 6. The number of hydrogen-bond acceptors (Lipinski definition) is 3. The largest absolute Gasteiger partial charge is 0.497 e. The minimum atomic E-state index is -0.0841. The Kier molecular flexibility index (Phi) is 5.31. The molecule has 1 aliphatic rings. The van der Waals surface area contributed by atoms with Crippen LogP contribution in [-0.4, -0.2) is 33.7 Å². The second kappa shape index (κ2) is 7.37. The van der Waals surface area contributed by atoms with Crippen LogP contribution < -0.4 is 4.74 Å². The van der Waals surface area contributed by atoms with Crippen molar-refractivity contribution in [2.24, 2.45) is 13.0 Å². The topological polar surface area (TPSA) is 47.4 Å². The molecule has 1 atom stereocenters. The normalized spacial score (nSPS) is 15.5. The van der Waals surface area contributed by atoms with Crippen molar-refractivity contribution in [1.82, 2.24) is 14.7 Å². The third-order valence-corrected chi connectivity index (χ3v) is 5.44. The average Bonchev–Trinajstić information content (AvgIpc) is 3.40. The Bertz CT molecular complexity index is 798. The van der Waals surface area contributed by atoms with Gasteiger partial charge in [-0.2, -0.15) is 5.10 Å². The zero-order valence-corrected chi connectivity index (χ0v) is 17.3. The molecule has 1 aromatic heterocycles. The number of benzene rings is 1. The minimum absolute atomic E-state index is 0.0516. The summed E-state index contributed by atoms with van der Waals surface area (Å²) in [6.07, 6.45) is 2.40. The summed E-state index contributed by atoms with van der Waals surface area (Å²) < 4.78 is 6.97. The highest BCUT2D eigenvalue weighted by atomic mass is 16.5. The van der Waals surface area contributed by atoms with Gasteiger partial charge in [0, 0.05) is 25.0 Å². The first-order valence-electron chi connectivity index (χ1n) is 9.69. The number of aryl methyl sites for hydroxylation is 1. The summed E-state index contributed by atoms with van der Waals surface area (Å²) in [5.74, 6) is 1.48. The molecule has 1 saturated carbocycles. The first kappa shape index (κ1) is 19.5. The minimum Gasteiger partial charge on any atom is -0.497 e. The van der Waals surface area contributed by atoms with E-state index in [4.69, 9.17) is 4.74 Å². The second-order valence-electron chi connectivity index (χ2n) is 8.65. The van der Waals surface area contributed by atoms with Crippen LogP contribution in [0.2, 0.25) is 0 Å². The lowest BCUT2D eigenvalue weighted by molar-refractivity contribution is 0.0643. The Balaban J connectivity index is 1.88. The maximum Gasteiger partial charge on any atom is 0.272 e. The Morgan fingerprint density at radius 2 is 1.93 bits per heavy atom. The molecular weight excluding hydrogens is 338 g/mol. The molecule has 2 aromatic rings. The highest BCUT2D eigenvalue weighted by molar-refractivity contribution is 5.93. The molecule has 0 saturated heterocycles. The zero-order valence-electron chi connectivity index (χ0n) is 17.3. The lowest BCUT2D eigenvalue weighted by Gasteiger charge is -2.29. The number of amides is 1. The lowest BCUT2D eigenvalue weighted by Crippen LogP contribution is -2.40. The number of methoxy groups -OCH3 is 1. The molecule has 146 valence electrons. The first-order chi connectivity index (χ1) is 12.7. The highest BCUT2D eigenvalue weighted by Crippen LogP contribution is 2.36. The standard InChI is InChI=1S/C22H31N3O2/c1-15(17-9-10-17)25(14-16-7-11-18(27-6)12-8-16)21(26)19-13-20(22(2,3)4)23-24(19)5/h7-8,11-13,15,17H,9-10,14H2,1-6H3. The van der Waals surface area contributed by atoms with Crippen LogP contribution in [0.25, 0.3) is 0 Å². The molecule has 0 spiro atoms. The van der Waals surface area contributed by atoms with Crippen molar-refractivity contribution >= 4 is 5.91 Å². The monoisotopic (exact) mass is 369 g/mol. The summed E-state index contributed by atoms with van der Waals surface area (Å²) in [4.78, 5) is 15.5. The van der Waals surface area contributed by atoms with E-state index in [1.807, 2.05) is 42.3 Å². The van der Waals surface area contributed by atoms with Gasteiger partial charge in [-0.3, -0.25) is 9.48 Å². The highest BCUT2D eigenvalue weighted by Gasteiger charge is 2.36. The molecule has 27 heavy (non-hydrogen) atoms. The van der Waals surface area contributed by atoms with Gasteiger partial charge >= 0.3 is 0 Å². The molecule has 1 fully saturated rings. The number of ether oxygens (including phenoxy) is 1. The smallest absolute Gasteiger partial charge is 0.272 e. The molecule has 0 aliphatic heterocycles. The summed E-state index contributed by atoms with van der Waals surface area (Å²) in [5, 5.41) is 4.59. The molecule has 0 radical (unpaired) electrons. The average molecular weight is 370 g/mol. The second-order valence-corrected chi connectivity index (χ2v) is 8.65. The molecule has 0 bridgehead atoms. The fourth-order valence-corrected chi connectivity index (χ4v) is 3.34. The third-order valence-electron chi connectivity index (χ3n) is 5.44. The molecule has 1 aromatic carbocycles. The zero-order chi connectivity index (χ0) is 19.8. The number of carbonyl (C=O) groups is 1. The van der Waals surface area contributed by atoms with E-state index in [0.717, 1.165) is 17.0 Å². The van der Waals surface area contributed by atoms with Crippen molar-refractivity contribution in [3.8, 4) is 5.75 Å². The van der Waals surface area contributed by atoms with Crippen LogP contribution in [0.1, 0.15) is 62.3 Å². The molecule has 0 N–H and O–H groups in total. The van der Waals surface area contributed by atoms with E-state index in [1.54, 1.807) is 11.8 Å². The van der Waals surface area contributed by atoms with E-state index in [-0.39, 0.29) is 17.4 Å². The number of hydrogen-bond donors (Lipinski definition) is 0. The summed E-state index contributed by atoms with van der Waals surface area (Å²) in [7, 11) is 3.52. The maximum absolute atomic E-state index is 13.4. The van der Waals surface area contributed by atoms with Crippen LogP contribution in [0.5, 0.6) is 5.75 Å². The third kappa shape index (κ3) is 4.34. The molecule has 1 aliphatic carbocycles. The predicted octanol–water partition coefficient (Wildman–Crippen LogP) is 4.17. The van der Waals surface area contributed by atoms with Crippen molar-refractivity contribution in [3.05, 3.63) is 47.3 Å². The van der Waals surface area contributed by atoms with Gasteiger partial charge in [0.1, 0.15) is 11.4 Å². The van der Waals surface area contributed by atoms with E-state index >= 15 is 0 Å². The first-order valence-corrected chi connectivity index (χ1v) is 9.69. The lowest BCUT2D eigenvalue weighted by atomic mass is 9.92. The van der Waals surface area contributed by atoms with E-state index in [2.05, 4.69) is 32.8 Å². The summed E-state index contributed by atoms with van der Waals surface area (Å²) >= 11 is 0. The van der Waals surface area contributed by atoms with Gasteiger partial charge in [-0.25, -0.2) is 0 Å². The SMILES string of the molecule is COc1ccc(CN(C(=O)c2cc(C(C)(C)C)nn2C)C(C)C2CC2)cc1. The Morgan fingerprint density at radius 3 is 2.41 bits per heavy atom. The quantitative estimate of drug-likeness (QED) is 0.768. The van der Waals surface area contributed by atoms with E-state index in [1.165, 1.54) is 12.8 Å². The number of carbonyl (C=O) groups excluding carboxylic acids is 1. The van der Waals surface area contributed by atoms with Crippen molar-refractivity contribution < 1.29 is 9.53 Å². The molecule has 1 heterocycles. The van der Waals surface area contributed by atoms with Gasteiger partial charge in [0.2, 0.25) is 0 Å². The Morgan fingerprint density at radius 1 is 1.30 bits per heavy atom. The van der Waals surface area contributed by atoms with Gasteiger partial charge in [0.25, 0.3) is 5.91 Å². The van der Waals surface area contributed by atoms with E-state index < -0.39 is 0 Å². The number of nitrogens with zero attached hydrogens (tertiary/aromatic N) is 3. The van der Waals surface area contributed by atoms with E-state index in [0.29, 0.717) is 18.2 Å². The van der Waals surface area contributed by atoms with Gasteiger partial charge < -0.3 is 9.64 Å². The van der Waals surface area contributed by atoms with Crippen LogP contribution >= 0.6 is 0 Å². The molecule has 5 nitrogen and oxygen atoms in total. The molecule has 5 heteroatoms. The maximum atomic E-state index is 13.4. The van der Waals surface area contributed by atoms with Crippen LogP contribution in [0, 0.1) is 5.92 Å².